The number of carbonyl (C=O) groups is 3. The number of methoxy groups -OCH3 is 1. The summed E-state index contributed by atoms with van der Waals surface area (Å²) in [7, 11) is 1.26. The van der Waals surface area contributed by atoms with Crippen molar-refractivity contribution >= 4 is 23.5 Å². The summed E-state index contributed by atoms with van der Waals surface area (Å²) >= 11 is 0. The van der Waals surface area contributed by atoms with Crippen molar-refractivity contribution < 1.29 is 19.1 Å². The topological polar surface area (TPSA) is 75.7 Å². The van der Waals surface area contributed by atoms with Gasteiger partial charge in [-0.25, -0.2) is 0 Å². The fraction of sp³-hybridized carbons (Fsp3) is 0.438. The molecule has 22 heavy (non-hydrogen) atoms. The predicted octanol–water partition coefficient (Wildman–Crippen LogP) is 0.946. The fourth-order valence-electron chi connectivity index (χ4n) is 2.50. The second-order valence-electron chi connectivity index (χ2n) is 5.49. The highest BCUT2D eigenvalue weighted by Crippen LogP contribution is 2.28. The lowest BCUT2D eigenvalue weighted by molar-refractivity contribution is -0.141. The van der Waals surface area contributed by atoms with Crippen molar-refractivity contribution in [3.63, 3.8) is 0 Å². The number of hydrogen-bond acceptors (Lipinski definition) is 4. The molecule has 0 saturated carbocycles. The fourth-order valence-corrected chi connectivity index (χ4v) is 2.50. The maximum atomic E-state index is 12.2. The van der Waals surface area contributed by atoms with Crippen LogP contribution in [0.4, 0.5) is 5.69 Å². The van der Waals surface area contributed by atoms with E-state index in [0.717, 1.165) is 16.8 Å². The molecule has 1 atom stereocenters. The molecule has 0 aliphatic carbocycles. The third-order valence-electron chi connectivity index (χ3n) is 3.79. The third kappa shape index (κ3) is 3.44. The molecule has 1 aromatic rings. The summed E-state index contributed by atoms with van der Waals surface area (Å²) < 4.78 is 4.47. The van der Waals surface area contributed by atoms with Gasteiger partial charge in [0, 0.05) is 18.7 Å². The Morgan fingerprint density at radius 2 is 2.09 bits per heavy atom. The van der Waals surface area contributed by atoms with Crippen LogP contribution in [0.15, 0.2) is 18.2 Å². The van der Waals surface area contributed by atoms with E-state index in [0.29, 0.717) is 6.54 Å². The Morgan fingerprint density at radius 1 is 1.36 bits per heavy atom. The SMILES string of the molecule is COC(=O)CNC(=O)C1CC(=O)N(c2cc(C)ccc2C)C1. The monoisotopic (exact) mass is 304 g/mol. The summed E-state index contributed by atoms with van der Waals surface area (Å²) in [5.41, 5.74) is 2.90. The van der Waals surface area contributed by atoms with Gasteiger partial charge in [0.1, 0.15) is 6.54 Å². The molecule has 1 aliphatic rings. The highest BCUT2D eigenvalue weighted by atomic mass is 16.5. The van der Waals surface area contributed by atoms with Gasteiger partial charge < -0.3 is 15.0 Å². The van der Waals surface area contributed by atoms with Crippen LogP contribution in [-0.4, -0.2) is 38.0 Å². The maximum absolute atomic E-state index is 12.2. The molecule has 1 unspecified atom stereocenters. The zero-order valence-electron chi connectivity index (χ0n) is 13.0. The lowest BCUT2D eigenvalue weighted by Crippen LogP contribution is -2.36. The van der Waals surface area contributed by atoms with Gasteiger partial charge >= 0.3 is 5.97 Å². The van der Waals surface area contributed by atoms with E-state index in [9.17, 15) is 14.4 Å². The van der Waals surface area contributed by atoms with E-state index in [1.165, 1.54) is 7.11 Å². The van der Waals surface area contributed by atoms with Crippen molar-refractivity contribution in [2.45, 2.75) is 20.3 Å². The molecule has 6 heteroatoms. The number of ether oxygens (including phenoxy) is 1. The molecule has 6 nitrogen and oxygen atoms in total. The van der Waals surface area contributed by atoms with Crippen LogP contribution in [0.5, 0.6) is 0 Å². The second-order valence-corrected chi connectivity index (χ2v) is 5.49. The molecule has 1 saturated heterocycles. The summed E-state index contributed by atoms with van der Waals surface area (Å²) in [4.78, 5) is 36.9. The largest absolute Gasteiger partial charge is 0.468 e. The molecular weight excluding hydrogens is 284 g/mol. The Balaban J connectivity index is 2.06. The van der Waals surface area contributed by atoms with Gasteiger partial charge in [-0.1, -0.05) is 12.1 Å². The van der Waals surface area contributed by atoms with Gasteiger partial charge in [-0.2, -0.15) is 0 Å². The van der Waals surface area contributed by atoms with E-state index >= 15 is 0 Å². The van der Waals surface area contributed by atoms with E-state index in [2.05, 4.69) is 10.1 Å². The number of anilines is 1. The Morgan fingerprint density at radius 3 is 2.77 bits per heavy atom. The average Bonchev–Trinajstić information content (AvgIpc) is 2.88. The smallest absolute Gasteiger partial charge is 0.325 e. The third-order valence-corrected chi connectivity index (χ3v) is 3.79. The summed E-state index contributed by atoms with van der Waals surface area (Å²) in [6.07, 6.45) is 0.153. The van der Waals surface area contributed by atoms with Gasteiger partial charge in [0.2, 0.25) is 11.8 Å². The first-order chi connectivity index (χ1) is 10.4. The molecule has 1 heterocycles. The lowest BCUT2D eigenvalue weighted by Gasteiger charge is -2.19. The van der Waals surface area contributed by atoms with Crippen molar-refractivity contribution in [1.82, 2.24) is 5.32 Å². The normalized spacial score (nSPS) is 17.5. The number of benzene rings is 1. The molecule has 0 radical (unpaired) electrons. The number of nitrogens with one attached hydrogen (secondary N) is 1. The predicted molar refractivity (Wildman–Crippen MR) is 81.4 cm³/mol. The van der Waals surface area contributed by atoms with Crippen LogP contribution in [0.3, 0.4) is 0 Å². The first-order valence-corrected chi connectivity index (χ1v) is 7.14. The van der Waals surface area contributed by atoms with E-state index in [1.54, 1.807) is 4.90 Å². The molecule has 1 aromatic carbocycles. The highest BCUT2D eigenvalue weighted by molar-refractivity contribution is 6.01. The molecule has 0 spiro atoms. The van der Waals surface area contributed by atoms with Crippen LogP contribution in [-0.2, 0) is 19.1 Å². The Kier molecular flexibility index (Phi) is 4.80. The Hall–Kier alpha value is -2.37. The summed E-state index contributed by atoms with van der Waals surface area (Å²) in [6, 6.07) is 5.89. The number of nitrogens with zero attached hydrogens (tertiary/aromatic N) is 1. The minimum Gasteiger partial charge on any atom is -0.468 e. The van der Waals surface area contributed by atoms with Gasteiger partial charge in [0.15, 0.2) is 0 Å². The van der Waals surface area contributed by atoms with E-state index in [-0.39, 0.29) is 24.8 Å². The van der Waals surface area contributed by atoms with Crippen LogP contribution in [0.2, 0.25) is 0 Å². The van der Waals surface area contributed by atoms with Crippen molar-refractivity contribution in [2.24, 2.45) is 5.92 Å². The second kappa shape index (κ2) is 6.60. The minimum absolute atomic E-state index is 0.0769. The van der Waals surface area contributed by atoms with E-state index in [4.69, 9.17) is 0 Å². The Labute approximate surface area is 129 Å². The van der Waals surface area contributed by atoms with E-state index < -0.39 is 11.9 Å². The molecule has 1 fully saturated rings. The van der Waals surface area contributed by atoms with Crippen molar-refractivity contribution in [2.75, 3.05) is 25.1 Å². The molecule has 0 aromatic heterocycles. The number of aryl methyl sites for hydroxylation is 2. The van der Waals surface area contributed by atoms with Gasteiger partial charge in [-0.3, -0.25) is 14.4 Å². The number of carbonyl (C=O) groups excluding carboxylic acids is 3. The first-order valence-electron chi connectivity index (χ1n) is 7.14. The average molecular weight is 304 g/mol. The molecule has 2 rings (SSSR count). The molecular formula is C16H20N2O4. The van der Waals surface area contributed by atoms with E-state index in [1.807, 2.05) is 32.0 Å². The van der Waals surface area contributed by atoms with Gasteiger partial charge in [-0.05, 0) is 31.0 Å². The molecule has 118 valence electrons. The summed E-state index contributed by atoms with van der Waals surface area (Å²) in [6.45, 7) is 4.05. The van der Waals surface area contributed by atoms with Crippen molar-refractivity contribution in [1.29, 1.82) is 0 Å². The zero-order valence-corrected chi connectivity index (χ0v) is 13.0. The highest BCUT2D eigenvalue weighted by Gasteiger charge is 2.35. The lowest BCUT2D eigenvalue weighted by atomic mass is 10.1. The Bertz CT molecular complexity index is 612. The van der Waals surface area contributed by atoms with Crippen LogP contribution < -0.4 is 10.2 Å². The summed E-state index contributed by atoms with van der Waals surface area (Å²) in [5, 5.41) is 2.50. The molecule has 2 amide bonds. The molecule has 1 N–H and O–H groups in total. The van der Waals surface area contributed by atoms with Crippen molar-refractivity contribution in [3.8, 4) is 0 Å². The van der Waals surface area contributed by atoms with Crippen LogP contribution in [0.1, 0.15) is 17.5 Å². The van der Waals surface area contributed by atoms with Crippen LogP contribution in [0.25, 0.3) is 0 Å². The van der Waals surface area contributed by atoms with Crippen LogP contribution in [0, 0.1) is 19.8 Å². The maximum Gasteiger partial charge on any atom is 0.325 e. The van der Waals surface area contributed by atoms with Gasteiger partial charge in [0.05, 0.1) is 13.0 Å². The number of esters is 1. The number of amides is 2. The molecule has 0 bridgehead atoms. The van der Waals surface area contributed by atoms with Gasteiger partial charge in [-0.15, -0.1) is 0 Å². The van der Waals surface area contributed by atoms with Crippen LogP contribution >= 0.6 is 0 Å². The standard InChI is InChI=1S/C16H20N2O4/c1-10-4-5-11(2)13(6-10)18-9-12(7-14(18)19)16(21)17-8-15(20)22-3/h4-6,12H,7-9H2,1-3H3,(H,17,21). The minimum atomic E-state index is -0.510. The first kappa shape index (κ1) is 16.0. The van der Waals surface area contributed by atoms with Gasteiger partial charge in [0.25, 0.3) is 0 Å². The number of hydrogen-bond donors (Lipinski definition) is 1. The zero-order chi connectivity index (χ0) is 16.3. The molecule has 1 aliphatic heterocycles. The quantitative estimate of drug-likeness (QED) is 0.840. The summed E-state index contributed by atoms with van der Waals surface area (Å²) in [5.74, 6) is -1.33. The number of rotatable bonds is 4. The van der Waals surface area contributed by atoms with Crippen molar-refractivity contribution in [3.05, 3.63) is 29.3 Å².